The van der Waals surface area contributed by atoms with E-state index in [0.29, 0.717) is 66.8 Å². The molecular formula is C23H23FN2O4. The number of benzene rings is 1. The second-order valence-electron chi connectivity index (χ2n) is 8.20. The number of hydrogen-bond acceptors (Lipinski definition) is 5. The topological polar surface area (TPSA) is 68.7 Å². The summed E-state index contributed by atoms with van der Waals surface area (Å²) in [5.74, 6) is 0.922. The van der Waals surface area contributed by atoms with Gasteiger partial charge in [0.15, 0.2) is 11.9 Å². The third kappa shape index (κ3) is 3.53. The van der Waals surface area contributed by atoms with Crippen molar-refractivity contribution in [3.8, 4) is 11.6 Å². The number of anilines is 1. The molecule has 6 nitrogen and oxygen atoms in total. The normalized spacial score (nSPS) is 21.0. The molecule has 2 aliphatic carbocycles. The van der Waals surface area contributed by atoms with Gasteiger partial charge in [-0.05, 0) is 48.9 Å². The molecule has 1 saturated carbocycles. The van der Waals surface area contributed by atoms with Crippen molar-refractivity contribution in [3.05, 3.63) is 47.4 Å². The largest absolute Gasteiger partial charge is 0.479 e. The van der Waals surface area contributed by atoms with Crippen LogP contribution in [0.2, 0.25) is 0 Å². The Hall–Kier alpha value is -2.96. The second kappa shape index (κ2) is 7.70. The molecule has 2 aromatic rings. The van der Waals surface area contributed by atoms with Gasteiger partial charge in [-0.15, -0.1) is 0 Å². The van der Waals surface area contributed by atoms with E-state index in [0.717, 1.165) is 0 Å². The van der Waals surface area contributed by atoms with Crippen molar-refractivity contribution in [2.45, 2.75) is 44.6 Å². The van der Waals surface area contributed by atoms with Gasteiger partial charge in [-0.1, -0.05) is 6.42 Å². The highest BCUT2D eigenvalue weighted by molar-refractivity contribution is 6.04. The molecule has 0 radical (unpaired) electrons. The number of rotatable bonds is 6. The zero-order chi connectivity index (χ0) is 20.7. The van der Waals surface area contributed by atoms with E-state index in [9.17, 15) is 14.0 Å². The van der Waals surface area contributed by atoms with Crippen molar-refractivity contribution in [2.75, 3.05) is 18.1 Å². The van der Waals surface area contributed by atoms with Gasteiger partial charge in [0.2, 0.25) is 5.88 Å². The minimum absolute atomic E-state index is 0.0733. The zero-order valence-corrected chi connectivity index (χ0v) is 16.6. The molecule has 1 aromatic carbocycles. The fourth-order valence-corrected chi connectivity index (χ4v) is 4.22. The summed E-state index contributed by atoms with van der Waals surface area (Å²) in [6.45, 7) is 1.09. The lowest BCUT2D eigenvalue weighted by Gasteiger charge is -2.24. The Morgan fingerprint density at radius 1 is 1.13 bits per heavy atom. The second-order valence-corrected chi connectivity index (χ2v) is 8.20. The third-order valence-corrected chi connectivity index (χ3v) is 6.23. The summed E-state index contributed by atoms with van der Waals surface area (Å²) in [4.78, 5) is 30.6. The van der Waals surface area contributed by atoms with Crippen LogP contribution in [0.5, 0.6) is 11.6 Å². The number of nitrogens with zero attached hydrogens (tertiary/aromatic N) is 2. The lowest BCUT2D eigenvalue weighted by atomic mass is 9.86. The van der Waals surface area contributed by atoms with E-state index in [2.05, 4.69) is 4.98 Å². The summed E-state index contributed by atoms with van der Waals surface area (Å²) < 4.78 is 25.9. The summed E-state index contributed by atoms with van der Waals surface area (Å²) in [6.07, 6.45) is 5.81. The summed E-state index contributed by atoms with van der Waals surface area (Å²) in [5, 5.41) is 0. The summed E-state index contributed by atoms with van der Waals surface area (Å²) in [6, 6.07) is 6.46. The number of fused-ring (bicyclic) bond motifs is 1. The van der Waals surface area contributed by atoms with Gasteiger partial charge in [0.1, 0.15) is 11.6 Å². The lowest BCUT2D eigenvalue weighted by Crippen LogP contribution is -2.32. The molecule has 1 aliphatic heterocycles. The standard InChI is InChI=1S/C23H23FN2O4/c24-19-11-15(10-18-17(19)5-6-20(18)27)26-9-8-21(23(26)28)30-16-4-7-22(25-12-16)29-13-14-2-1-3-14/h4,7,10-12,14,21H,1-3,5-6,8-9,13H2. The average molecular weight is 410 g/mol. The maximum absolute atomic E-state index is 14.4. The van der Waals surface area contributed by atoms with Crippen molar-refractivity contribution in [2.24, 2.45) is 5.92 Å². The van der Waals surface area contributed by atoms with Crippen LogP contribution in [-0.4, -0.2) is 35.9 Å². The summed E-state index contributed by atoms with van der Waals surface area (Å²) in [7, 11) is 0. The number of aromatic nitrogens is 1. The number of carbonyl (C=O) groups is 2. The first-order valence-electron chi connectivity index (χ1n) is 10.5. The van der Waals surface area contributed by atoms with Crippen LogP contribution in [0.3, 0.4) is 0 Å². The first-order valence-corrected chi connectivity index (χ1v) is 10.5. The predicted molar refractivity (Wildman–Crippen MR) is 108 cm³/mol. The molecule has 1 aromatic heterocycles. The van der Waals surface area contributed by atoms with E-state index in [1.54, 1.807) is 24.4 Å². The quantitative estimate of drug-likeness (QED) is 0.726. The van der Waals surface area contributed by atoms with Crippen LogP contribution in [0.4, 0.5) is 10.1 Å². The molecule has 0 N–H and O–H groups in total. The van der Waals surface area contributed by atoms with Crippen LogP contribution >= 0.6 is 0 Å². The van der Waals surface area contributed by atoms with Crippen LogP contribution in [0.25, 0.3) is 0 Å². The van der Waals surface area contributed by atoms with E-state index < -0.39 is 11.9 Å². The van der Waals surface area contributed by atoms with Crippen LogP contribution in [0.1, 0.15) is 48.0 Å². The first kappa shape index (κ1) is 19.0. The smallest absolute Gasteiger partial charge is 0.268 e. The molecule has 30 heavy (non-hydrogen) atoms. The van der Waals surface area contributed by atoms with E-state index in [4.69, 9.17) is 9.47 Å². The number of pyridine rings is 1. The van der Waals surface area contributed by atoms with Gasteiger partial charge in [-0.25, -0.2) is 9.37 Å². The Balaban J connectivity index is 1.23. The monoisotopic (exact) mass is 410 g/mol. The van der Waals surface area contributed by atoms with Crippen molar-refractivity contribution >= 4 is 17.4 Å². The SMILES string of the molecule is O=C1CCc2c(F)cc(N3CCC(Oc4ccc(OCC5CCC5)nc4)C3=O)cc21. The average Bonchev–Trinajstić information content (AvgIpc) is 3.25. The first-order chi connectivity index (χ1) is 14.6. The number of carbonyl (C=O) groups excluding carboxylic acids is 2. The van der Waals surface area contributed by atoms with Gasteiger partial charge >= 0.3 is 0 Å². The molecule has 2 heterocycles. The van der Waals surface area contributed by atoms with Gasteiger partial charge in [0, 0.05) is 36.7 Å². The summed E-state index contributed by atoms with van der Waals surface area (Å²) >= 11 is 0. The minimum Gasteiger partial charge on any atom is -0.479 e. The Morgan fingerprint density at radius 2 is 2.00 bits per heavy atom. The number of amides is 1. The number of Topliss-reactive ketones (excluding diaryl/α,β-unsaturated/α-hetero) is 1. The van der Waals surface area contributed by atoms with Crippen molar-refractivity contribution in [1.82, 2.24) is 4.98 Å². The van der Waals surface area contributed by atoms with Gasteiger partial charge < -0.3 is 14.4 Å². The molecule has 2 fully saturated rings. The number of ketones is 1. The fraction of sp³-hybridized carbons (Fsp3) is 0.435. The molecule has 1 amide bonds. The van der Waals surface area contributed by atoms with Gasteiger partial charge in [-0.3, -0.25) is 9.59 Å². The number of halogens is 1. The van der Waals surface area contributed by atoms with Crippen LogP contribution in [0, 0.1) is 11.7 Å². The maximum atomic E-state index is 14.4. The van der Waals surface area contributed by atoms with E-state index in [1.807, 2.05) is 0 Å². The molecule has 1 unspecified atom stereocenters. The third-order valence-electron chi connectivity index (χ3n) is 6.23. The predicted octanol–water partition coefficient (Wildman–Crippen LogP) is 3.71. The molecule has 0 spiro atoms. The van der Waals surface area contributed by atoms with Crippen molar-refractivity contribution < 1.29 is 23.5 Å². The van der Waals surface area contributed by atoms with Gasteiger partial charge in [0.25, 0.3) is 5.91 Å². The molecular weight excluding hydrogens is 387 g/mol. The Bertz CT molecular complexity index is 987. The molecule has 7 heteroatoms. The Kier molecular flexibility index (Phi) is 4.89. The van der Waals surface area contributed by atoms with E-state index in [-0.39, 0.29) is 11.7 Å². The van der Waals surface area contributed by atoms with Gasteiger partial charge in [-0.2, -0.15) is 0 Å². The van der Waals surface area contributed by atoms with Crippen LogP contribution < -0.4 is 14.4 Å². The van der Waals surface area contributed by atoms with Gasteiger partial charge in [0.05, 0.1) is 12.8 Å². The van der Waals surface area contributed by atoms with Crippen LogP contribution in [0.15, 0.2) is 30.5 Å². The van der Waals surface area contributed by atoms with Crippen molar-refractivity contribution in [1.29, 1.82) is 0 Å². The number of ether oxygens (including phenoxy) is 2. The number of hydrogen-bond donors (Lipinski definition) is 0. The lowest BCUT2D eigenvalue weighted by molar-refractivity contribution is -0.122. The highest BCUT2D eigenvalue weighted by Gasteiger charge is 2.36. The molecule has 0 bridgehead atoms. The summed E-state index contributed by atoms with van der Waals surface area (Å²) in [5.41, 5.74) is 1.26. The fourth-order valence-electron chi connectivity index (χ4n) is 4.22. The van der Waals surface area contributed by atoms with Crippen molar-refractivity contribution in [3.63, 3.8) is 0 Å². The molecule has 1 saturated heterocycles. The van der Waals surface area contributed by atoms with E-state index in [1.165, 1.54) is 30.2 Å². The minimum atomic E-state index is -0.666. The highest BCUT2D eigenvalue weighted by Crippen LogP contribution is 2.32. The highest BCUT2D eigenvalue weighted by atomic mass is 19.1. The molecule has 5 rings (SSSR count). The Morgan fingerprint density at radius 3 is 2.73 bits per heavy atom. The molecule has 3 aliphatic rings. The Labute approximate surface area is 174 Å². The zero-order valence-electron chi connectivity index (χ0n) is 16.6. The maximum Gasteiger partial charge on any atom is 0.268 e. The molecule has 156 valence electrons. The molecule has 1 atom stereocenters. The van der Waals surface area contributed by atoms with E-state index >= 15 is 0 Å². The van der Waals surface area contributed by atoms with Crippen LogP contribution in [-0.2, 0) is 11.2 Å².